The highest BCUT2D eigenvalue weighted by Crippen LogP contribution is 1.99. The predicted octanol–water partition coefficient (Wildman–Crippen LogP) is 9.07. The van der Waals surface area contributed by atoms with Gasteiger partial charge in [0.25, 0.3) is 0 Å². The number of hydrogen-bond acceptors (Lipinski definition) is 1. The van der Waals surface area contributed by atoms with Crippen LogP contribution in [0.15, 0.2) is 75.9 Å². The van der Waals surface area contributed by atoms with Crippen LogP contribution in [0.1, 0.15) is 81.1 Å². The molecular formula is C25H53N. The highest BCUT2D eigenvalue weighted by atomic mass is 14.6. The van der Waals surface area contributed by atoms with Gasteiger partial charge in [0.05, 0.1) is 0 Å². The first-order valence-corrected chi connectivity index (χ1v) is 9.44. The second kappa shape index (κ2) is 90.3. The molecule has 0 spiro atoms. The van der Waals surface area contributed by atoms with E-state index in [1.54, 1.807) is 36.5 Å². The highest BCUT2D eigenvalue weighted by molar-refractivity contribution is 4.53. The summed E-state index contributed by atoms with van der Waals surface area (Å²) < 4.78 is 0. The number of hydrogen-bond donors (Lipinski definition) is 1. The molecule has 2 N–H and O–H groups in total. The van der Waals surface area contributed by atoms with E-state index < -0.39 is 0 Å². The zero-order valence-electron chi connectivity index (χ0n) is 19.7. The standard InChI is InChI=1S/C7H17N.6C3H6/c1-3-4-5-6-7(2)8;6*1-3-2/h7H,3-6,8H2,1-2H3;6*3H,1H2,2H3. The molecule has 0 fully saturated rings. The molecule has 0 heterocycles. The molecule has 158 valence electrons. The molecule has 1 unspecified atom stereocenters. The Hall–Kier alpha value is -1.60. The summed E-state index contributed by atoms with van der Waals surface area (Å²) in [7, 11) is 0. The van der Waals surface area contributed by atoms with Gasteiger partial charge < -0.3 is 5.73 Å². The number of allylic oxidation sites excluding steroid dienone is 6. The summed E-state index contributed by atoms with van der Waals surface area (Å²) >= 11 is 0. The van der Waals surface area contributed by atoms with Crippen molar-refractivity contribution in [2.24, 2.45) is 5.73 Å². The van der Waals surface area contributed by atoms with Crippen LogP contribution in [0, 0.1) is 0 Å². The van der Waals surface area contributed by atoms with Crippen LogP contribution in [-0.4, -0.2) is 6.04 Å². The van der Waals surface area contributed by atoms with Crippen molar-refractivity contribution in [2.45, 2.75) is 87.1 Å². The monoisotopic (exact) mass is 367 g/mol. The minimum absolute atomic E-state index is 0.404. The third-order valence-electron chi connectivity index (χ3n) is 1.26. The molecule has 0 aromatic carbocycles. The van der Waals surface area contributed by atoms with Crippen molar-refractivity contribution in [2.75, 3.05) is 0 Å². The van der Waals surface area contributed by atoms with Crippen LogP contribution in [0.3, 0.4) is 0 Å². The van der Waals surface area contributed by atoms with E-state index in [4.69, 9.17) is 5.73 Å². The van der Waals surface area contributed by atoms with Crippen molar-refractivity contribution in [1.29, 1.82) is 0 Å². The molecule has 1 nitrogen and oxygen atoms in total. The molecule has 0 aliphatic heterocycles. The van der Waals surface area contributed by atoms with Crippen LogP contribution in [0.5, 0.6) is 0 Å². The lowest BCUT2D eigenvalue weighted by Crippen LogP contribution is -2.13. The first-order chi connectivity index (χ1) is 12.3. The van der Waals surface area contributed by atoms with E-state index in [1.807, 2.05) is 41.5 Å². The lowest BCUT2D eigenvalue weighted by atomic mass is 10.1. The van der Waals surface area contributed by atoms with Gasteiger partial charge in [-0.1, -0.05) is 62.6 Å². The topological polar surface area (TPSA) is 26.0 Å². The third kappa shape index (κ3) is 887. The summed E-state index contributed by atoms with van der Waals surface area (Å²) in [5, 5.41) is 0. The minimum Gasteiger partial charge on any atom is -0.328 e. The molecule has 1 atom stereocenters. The van der Waals surface area contributed by atoms with E-state index in [0.29, 0.717) is 6.04 Å². The summed E-state index contributed by atoms with van der Waals surface area (Å²) in [4.78, 5) is 0. The normalized spacial score (nSPS) is 7.27. The Kier molecular flexibility index (Phi) is 153. The van der Waals surface area contributed by atoms with Crippen molar-refractivity contribution in [3.63, 3.8) is 0 Å². The van der Waals surface area contributed by atoms with Gasteiger partial charge in [0, 0.05) is 6.04 Å². The van der Waals surface area contributed by atoms with Gasteiger partial charge >= 0.3 is 0 Å². The first kappa shape index (κ1) is 44.1. The van der Waals surface area contributed by atoms with Crippen LogP contribution < -0.4 is 5.73 Å². The van der Waals surface area contributed by atoms with Crippen molar-refractivity contribution in [3.8, 4) is 0 Å². The molecule has 0 aromatic rings. The Labute approximate surface area is 169 Å². The molecule has 0 rings (SSSR count). The lowest BCUT2D eigenvalue weighted by Gasteiger charge is -2.01. The van der Waals surface area contributed by atoms with E-state index >= 15 is 0 Å². The molecule has 26 heavy (non-hydrogen) atoms. The van der Waals surface area contributed by atoms with Gasteiger partial charge in [-0.3, -0.25) is 0 Å². The van der Waals surface area contributed by atoms with Gasteiger partial charge in [-0.2, -0.15) is 0 Å². The van der Waals surface area contributed by atoms with E-state index in [0.717, 1.165) is 0 Å². The van der Waals surface area contributed by atoms with Crippen molar-refractivity contribution < 1.29 is 0 Å². The van der Waals surface area contributed by atoms with Crippen molar-refractivity contribution in [1.82, 2.24) is 0 Å². The van der Waals surface area contributed by atoms with Gasteiger partial charge in [0.1, 0.15) is 0 Å². The van der Waals surface area contributed by atoms with Crippen LogP contribution in [-0.2, 0) is 0 Å². The average Bonchev–Trinajstić information content (AvgIpc) is 2.52. The van der Waals surface area contributed by atoms with Gasteiger partial charge in [0.15, 0.2) is 0 Å². The molecule has 0 bridgehead atoms. The number of unbranched alkanes of at least 4 members (excludes halogenated alkanes) is 2. The molecule has 0 saturated carbocycles. The second-order valence-electron chi connectivity index (χ2n) is 4.92. The van der Waals surface area contributed by atoms with Gasteiger partial charge in [-0.05, 0) is 54.9 Å². The molecule has 0 amide bonds. The fourth-order valence-electron chi connectivity index (χ4n) is 0.716. The van der Waals surface area contributed by atoms with Crippen LogP contribution >= 0.6 is 0 Å². The molecule has 0 aromatic heterocycles. The molecule has 0 radical (unpaired) electrons. The maximum atomic E-state index is 5.53. The van der Waals surface area contributed by atoms with Crippen LogP contribution in [0.2, 0.25) is 0 Å². The summed E-state index contributed by atoms with van der Waals surface area (Å²) in [5.41, 5.74) is 5.53. The van der Waals surface area contributed by atoms with Crippen molar-refractivity contribution in [3.05, 3.63) is 75.9 Å². The number of nitrogens with two attached hydrogens (primary N) is 1. The van der Waals surface area contributed by atoms with Gasteiger partial charge in [-0.15, -0.1) is 39.5 Å². The SMILES string of the molecule is C=CC.C=CC.C=CC.C=CC.C=CC.C=CC.CCCCCC(C)N. The summed E-state index contributed by atoms with van der Waals surface area (Å²) in [6.45, 7) is 35.8. The molecule has 0 saturated heterocycles. The fourth-order valence-corrected chi connectivity index (χ4v) is 0.716. The lowest BCUT2D eigenvalue weighted by molar-refractivity contribution is 0.592. The largest absolute Gasteiger partial charge is 0.328 e. The Morgan fingerprint density at radius 2 is 0.808 bits per heavy atom. The Morgan fingerprint density at radius 1 is 0.615 bits per heavy atom. The predicted molar refractivity (Wildman–Crippen MR) is 133 cm³/mol. The van der Waals surface area contributed by atoms with Gasteiger partial charge in [-0.25, -0.2) is 0 Å². The Bertz CT molecular complexity index is 178. The van der Waals surface area contributed by atoms with E-state index in [1.165, 1.54) is 25.7 Å². The first-order valence-electron chi connectivity index (χ1n) is 9.44. The van der Waals surface area contributed by atoms with Crippen molar-refractivity contribution >= 4 is 0 Å². The Morgan fingerprint density at radius 3 is 0.923 bits per heavy atom. The third-order valence-corrected chi connectivity index (χ3v) is 1.26. The van der Waals surface area contributed by atoms with Gasteiger partial charge in [0.2, 0.25) is 0 Å². The zero-order chi connectivity index (χ0) is 22.6. The quantitative estimate of drug-likeness (QED) is 0.389. The Balaban J connectivity index is -0.0000000346. The molecule has 0 aliphatic carbocycles. The summed E-state index contributed by atoms with van der Waals surface area (Å²) in [6.07, 6.45) is 15.6. The average molecular weight is 368 g/mol. The number of rotatable bonds is 4. The van der Waals surface area contributed by atoms with Crippen LogP contribution in [0.4, 0.5) is 0 Å². The summed E-state index contributed by atoms with van der Waals surface area (Å²) in [5.74, 6) is 0. The smallest absolute Gasteiger partial charge is 0.00104 e. The highest BCUT2D eigenvalue weighted by Gasteiger charge is 1.90. The maximum Gasteiger partial charge on any atom is 0.00104 e. The molecular weight excluding hydrogens is 314 g/mol. The summed E-state index contributed by atoms with van der Waals surface area (Å²) in [6, 6.07) is 0.404. The molecule has 1 heteroatoms. The zero-order valence-corrected chi connectivity index (χ0v) is 19.7. The maximum absolute atomic E-state index is 5.53. The van der Waals surface area contributed by atoms with Crippen LogP contribution in [0.25, 0.3) is 0 Å². The molecule has 0 aliphatic rings. The van der Waals surface area contributed by atoms with E-state index in [-0.39, 0.29) is 0 Å². The van der Waals surface area contributed by atoms with E-state index in [2.05, 4.69) is 53.3 Å². The fraction of sp³-hybridized carbons (Fsp3) is 0.520. The minimum atomic E-state index is 0.404. The van der Waals surface area contributed by atoms with E-state index in [9.17, 15) is 0 Å². The second-order valence-corrected chi connectivity index (χ2v) is 4.92.